The van der Waals surface area contributed by atoms with E-state index < -0.39 is 0 Å². The first-order chi connectivity index (χ1) is 9.19. The largest absolute Gasteiger partial charge is 0.395 e. The average molecular weight is 327 g/mol. The number of anilines is 1. The predicted molar refractivity (Wildman–Crippen MR) is 75.2 cm³/mol. The molecule has 1 fully saturated rings. The van der Waals surface area contributed by atoms with Crippen molar-refractivity contribution in [3.05, 3.63) is 16.9 Å². The van der Waals surface area contributed by atoms with E-state index in [1.54, 1.807) is 12.4 Å². The van der Waals surface area contributed by atoms with E-state index in [1.165, 1.54) is 0 Å². The molecule has 102 valence electrons. The first-order valence-electron chi connectivity index (χ1n) is 6.11. The molecule has 0 spiro atoms. The lowest BCUT2D eigenvalue weighted by Crippen LogP contribution is -2.48. The maximum Gasteiger partial charge on any atom is 0.226 e. The smallest absolute Gasteiger partial charge is 0.226 e. The lowest BCUT2D eigenvalue weighted by atomic mass is 10.2. The number of carbonyl (C=O) groups is 1. The molecule has 0 bridgehead atoms. The molecule has 0 radical (unpaired) electrons. The standard InChI is InChI=1S/C12H15BrN4O2/c1-2-11(18)3-4-19-16-10-7-17(8-10)12-14-5-9(13)6-15-12/h5-6H,2-4,7-8H2,1H3. The fraction of sp³-hybridized carbons (Fsp3) is 0.500. The van der Waals surface area contributed by atoms with Crippen LogP contribution in [0.15, 0.2) is 22.0 Å². The van der Waals surface area contributed by atoms with Gasteiger partial charge in [-0.25, -0.2) is 9.97 Å². The molecular formula is C12H15BrN4O2. The molecule has 1 aromatic heterocycles. The van der Waals surface area contributed by atoms with Crippen LogP contribution in [0.3, 0.4) is 0 Å². The average Bonchev–Trinajstić information content (AvgIpc) is 2.37. The maximum absolute atomic E-state index is 11.0. The van der Waals surface area contributed by atoms with Gasteiger partial charge in [0.25, 0.3) is 0 Å². The van der Waals surface area contributed by atoms with Crippen molar-refractivity contribution < 1.29 is 9.63 Å². The number of aromatic nitrogens is 2. The number of rotatable bonds is 6. The van der Waals surface area contributed by atoms with E-state index in [2.05, 4.69) is 31.1 Å². The van der Waals surface area contributed by atoms with Crippen LogP contribution in [0.1, 0.15) is 19.8 Å². The minimum Gasteiger partial charge on any atom is -0.395 e. The number of Topliss-reactive ketones (excluding diaryl/α,β-unsaturated/α-hetero) is 1. The lowest BCUT2D eigenvalue weighted by Gasteiger charge is -2.31. The van der Waals surface area contributed by atoms with Gasteiger partial charge in [-0.2, -0.15) is 0 Å². The molecule has 6 nitrogen and oxygen atoms in total. The molecule has 1 aliphatic heterocycles. The van der Waals surface area contributed by atoms with Gasteiger partial charge in [0.2, 0.25) is 5.95 Å². The maximum atomic E-state index is 11.0. The molecule has 2 heterocycles. The highest BCUT2D eigenvalue weighted by Crippen LogP contribution is 2.15. The number of hydrogen-bond acceptors (Lipinski definition) is 6. The summed E-state index contributed by atoms with van der Waals surface area (Å²) in [5.74, 6) is 0.877. The Kier molecular flexibility index (Phi) is 4.84. The molecule has 0 saturated carbocycles. The second kappa shape index (κ2) is 6.60. The van der Waals surface area contributed by atoms with Gasteiger partial charge in [0.1, 0.15) is 12.4 Å². The molecule has 1 aliphatic rings. The van der Waals surface area contributed by atoms with E-state index in [9.17, 15) is 4.79 Å². The Bertz CT molecular complexity index is 467. The van der Waals surface area contributed by atoms with E-state index in [0.29, 0.717) is 38.5 Å². The van der Waals surface area contributed by atoms with Crippen molar-refractivity contribution in [1.82, 2.24) is 9.97 Å². The summed E-state index contributed by atoms with van der Waals surface area (Å²) in [6.45, 7) is 3.54. The molecule has 7 heteroatoms. The minimum absolute atomic E-state index is 0.193. The third-order valence-corrected chi connectivity index (χ3v) is 3.11. The SMILES string of the molecule is CCC(=O)CCON=C1CN(c2ncc(Br)cn2)C1. The van der Waals surface area contributed by atoms with E-state index in [1.807, 2.05) is 11.8 Å². The zero-order valence-corrected chi connectivity index (χ0v) is 12.3. The lowest BCUT2D eigenvalue weighted by molar-refractivity contribution is -0.119. The van der Waals surface area contributed by atoms with Crippen LogP contribution in [-0.2, 0) is 9.63 Å². The summed E-state index contributed by atoms with van der Waals surface area (Å²) in [6, 6.07) is 0. The Hall–Kier alpha value is -1.50. The first kappa shape index (κ1) is 13.9. The van der Waals surface area contributed by atoms with Gasteiger partial charge in [0, 0.05) is 25.2 Å². The molecule has 0 unspecified atom stereocenters. The van der Waals surface area contributed by atoms with Crippen molar-refractivity contribution >= 4 is 33.4 Å². The summed E-state index contributed by atoms with van der Waals surface area (Å²) in [5.41, 5.74) is 0.940. The summed E-state index contributed by atoms with van der Waals surface area (Å²) in [5, 5.41) is 3.99. The van der Waals surface area contributed by atoms with Gasteiger partial charge in [-0.15, -0.1) is 0 Å². The summed E-state index contributed by atoms with van der Waals surface area (Å²) in [7, 11) is 0. The van der Waals surface area contributed by atoms with Crippen molar-refractivity contribution in [2.24, 2.45) is 5.16 Å². The van der Waals surface area contributed by atoms with Crippen LogP contribution in [0.4, 0.5) is 5.95 Å². The summed E-state index contributed by atoms with van der Waals surface area (Å²) >= 11 is 3.29. The second-order valence-electron chi connectivity index (χ2n) is 4.19. The second-order valence-corrected chi connectivity index (χ2v) is 5.11. The van der Waals surface area contributed by atoms with E-state index in [-0.39, 0.29) is 5.78 Å². The van der Waals surface area contributed by atoms with E-state index in [4.69, 9.17) is 4.84 Å². The fourth-order valence-corrected chi connectivity index (χ4v) is 1.74. The van der Waals surface area contributed by atoms with Gasteiger partial charge in [-0.1, -0.05) is 12.1 Å². The highest BCUT2D eigenvalue weighted by Gasteiger charge is 2.24. The van der Waals surface area contributed by atoms with Gasteiger partial charge < -0.3 is 9.74 Å². The quantitative estimate of drug-likeness (QED) is 0.589. The van der Waals surface area contributed by atoms with Crippen LogP contribution >= 0.6 is 15.9 Å². The molecular weight excluding hydrogens is 312 g/mol. The number of oxime groups is 1. The minimum atomic E-state index is 0.193. The molecule has 0 aliphatic carbocycles. The number of carbonyl (C=O) groups excluding carboxylic acids is 1. The zero-order valence-electron chi connectivity index (χ0n) is 10.7. The normalized spacial score (nSPS) is 14.0. The highest BCUT2D eigenvalue weighted by atomic mass is 79.9. The Morgan fingerprint density at radius 1 is 1.47 bits per heavy atom. The fourth-order valence-electron chi connectivity index (χ4n) is 1.54. The Labute approximate surface area is 120 Å². The summed E-state index contributed by atoms with van der Waals surface area (Å²) in [4.78, 5) is 26.5. The number of nitrogens with zero attached hydrogens (tertiary/aromatic N) is 4. The van der Waals surface area contributed by atoms with Crippen molar-refractivity contribution in [3.8, 4) is 0 Å². The molecule has 19 heavy (non-hydrogen) atoms. The summed E-state index contributed by atoms with van der Waals surface area (Å²) in [6.07, 6.45) is 4.40. The van der Waals surface area contributed by atoms with E-state index >= 15 is 0 Å². The molecule has 0 amide bonds. The van der Waals surface area contributed by atoms with Crippen molar-refractivity contribution in [2.75, 3.05) is 24.6 Å². The van der Waals surface area contributed by atoms with E-state index in [0.717, 1.165) is 10.2 Å². The first-order valence-corrected chi connectivity index (χ1v) is 6.90. The zero-order chi connectivity index (χ0) is 13.7. The number of halogens is 1. The molecule has 2 rings (SSSR count). The third kappa shape index (κ3) is 3.99. The number of hydrogen-bond donors (Lipinski definition) is 0. The van der Waals surface area contributed by atoms with Crippen LogP contribution in [-0.4, -0.2) is 41.2 Å². The van der Waals surface area contributed by atoms with Crippen LogP contribution in [0.2, 0.25) is 0 Å². The topological polar surface area (TPSA) is 67.7 Å². The van der Waals surface area contributed by atoms with Gasteiger partial charge in [0.05, 0.1) is 23.3 Å². The van der Waals surface area contributed by atoms with Crippen molar-refractivity contribution in [2.45, 2.75) is 19.8 Å². The Morgan fingerprint density at radius 2 is 2.16 bits per heavy atom. The van der Waals surface area contributed by atoms with Crippen LogP contribution < -0.4 is 4.90 Å². The third-order valence-electron chi connectivity index (χ3n) is 2.70. The molecule has 0 N–H and O–H groups in total. The monoisotopic (exact) mass is 326 g/mol. The van der Waals surface area contributed by atoms with Crippen molar-refractivity contribution in [1.29, 1.82) is 0 Å². The Morgan fingerprint density at radius 3 is 2.79 bits per heavy atom. The van der Waals surface area contributed by atoms with Crippen molar-refractivity contribution in [3.63, 3.8) is 0 Å². The van der Waals surface area contributed by atoms with Gasteiger partial charge in [-0.3, -0.25) is 4.79 Å². The predicted octanol–water partition coefficient (Wildman–Crippen LogP) is 1.80. The van der Waals surface area contributed by atoms with Gasteiger partial charge in [0.15, 0.2) is 0 Å². The summed E-state index contributed by atoms with van der Waals surface area (Å²) < 4.78 is 0.856. The van der Waals surface area contributed by atoms with Gasteiger partial charge in [-0.05, 0) is 15.9 Å². The van der Waals surface area contributed by atoms with Crippen LogP contribution in [0.25, 0.3) is 0 Å². The van der Waals surface area contributed by atoms with Crippen LogP contribution in [0.5, 0.6) is 0 Å². The van der Waals surface area contributed by atoms with Crippen LogP contribution in [0, 0.1) is 0 Å². The van der Waals surface area contributed by atoms with Gasteiger partial charge >= 0.3 is 0 Å². The molecule has 1 aromatic rings. The Balaban J connectivity index is 1.71. The molecule has 0 atom stereocenters. The highest BCUT2D eigenvalue weighted by molar-refractivity contribution is 9.10. The molecule has 1 saturated heterocycles. The number of ketones is 1. The molecule has 0 aromatic carbocycles.